The SMILES string of the molecule is C=C(C)C1c2ccc(C)cc2C(Cc2ccc(C)cc2)CC1C. The van der Waals surface area contributed by atoms with Crippen molar-refractivity contribution in [2.45, 2.75) is 52.4 Å². The van der Waals surface area contributed by atoms with E-state index in [0.717, 1.165) is 6.42 Å². The summed E-state index contributed by atoms with van der Waals surface area (Å²) in [5.41, 5.74) is 8.53. The Balaban J connectivity index is 1.98. The third-order valence-corrected chi connectivity index (χ3v) is 5.38. The average molecular weight is 304 g/mol. The van der Waals surface area contributed by atoms with Gasteiger partial charge in [-0.05, 0) is 62.1 Å². The first-order chi connectivity index (χ1) is 11.0. The normalized spacial score (nSPS) is 23.4. The Morgan fingerprint density at radius 3 is 2.30 bits per heavy atom. The molecule has 120 valence electrons. The lowest BCUT2D eigenvalue weighted by atomic mass is 9.67. The van der Waals surface area contributed by atoms with Crippen molar-refractivity contribution in [1.29, 1.82) is 0 Å². The summed E-state index contributed by atoms with van der Waals surface area (Å²) in [5.74, 6) is 1.80. The van der Waals surface area contributed by atoms with E-state index in [-0.39, 0.29) is 0 Å². The molecule has 2 aromatic rings. The largest absolute Gasteiger partial charge is 0.0995 e. The van der Waals surface area contributed by atoms with Crippen molar-refractivity contribution in [2.24, 2.45) is 5.92 Å². The number of rotatable bonds is 3. The molecular formula is C23H28. The fraction of sp³-hybridized carbons (Fsp3) is 0.391. The third kappa shape index (κ3) is 3.27. The Morgan fingerprint density at radius 1 is 1.00 bits per heavy atom. The van der Waals surface area contributed by atoms with E-state index >= 15 is 0 Å². The summed E-state index contributed by atoms with van der Waals surface area (Å²) in [6.45, 7) is 13.2. The second-order valence-electron chi connectivity index (χ2n) is 7.56. The summed E-state index contributed by atoms with van der Waals surface area (Å²) >= 11 is 0. The zero-order valence-corrected chi connectivity index (χ0v) is 14.9. The molecule has 0 aromatic heterocycles. The van der Waals surface area contributed by atoms with Crippen LogP contribution < -0.4 is 0 Å². The molecule has 3 rings (SSSR count). The van der Waals surface area contributed by atoms with E-state index in [1.54, 1.807) is 5.56 Å². The second kappa shape index (κ2) is 6.35. The first-order valence-electron chi connectivity index (χ1n) is 8.77. The molecule has 1 aliphatic carbocycles. The van der Waals surface area contributed by atoms with Gasteiger partial charge in [0.1, 0.15) is 0 Å². The highest BCUT2D eigenvalue weighted by molar-refractivity contribution is 5.43. The highest BCUT2D eigenvalue weighted by Crippen LogP contribution is 2.46. The molecule has 0 amide bonds. The maximum atomic E-state index is 4.27. The maximum Gasteiger partial charge on any atom is 0.00714 e. The van der Waals surface area contributed by atoms with Crippen LogP contribution in [0.3, 0.4) is 0 Å². The van der Waals surface area contributed by atoms with Crippen molar-refractivity contribution >= 4 is 0 Å². The van der Waals surface area contributed by atoms with E-state index in [1.807, 2.05) is 0 Å². The standard InChI is InChI=1S/C23H28/c1-15(2)23-18(5)13-20(14-19-9-6-16(3)7-10-19)22-12-17(4)8-11-21(22)23/h6-12,18,20,23H,1,13-14H2,2-5H3. The van der Waals surface area contributed by atoms with E-state index in [2.05, 4.69) is 76.7 Å². The third-order valence-electron chi connectivity index (χ3n) is 5.38. The fourth-order valence-corrected chi connectivity index (χ4v) is 4.30. The van der Waals surface area contributed by atoms with E-state index in [1.165, 1.54) is 34.2 Å². The predicted octanol–water partition coefficient (Wildman–Crippen LogP) is 6.33. The molecule has 3 atom stereocenters. The number of hydrogen-bond donors (Lipinski definition) is 0. The fourth-order valence-electron chi connectivity index (χ4n) is 4.30. The molecule has 0 nitrogen and oxygen atoms in total. The molecule has 0 bridgehead atoms. The van der Waals surface area contributed by atoms with Crippen LogP contribution in [0.2, 0.25) is 0 Å². The zero-order valence-electron chi connectivity index (χ0n) is 14.9. The van der Waals surface area contributed by atoms with Gasteiger partial charge in [-0.2, -0.15) is 0 Å². The maximum absolute atomic E-state index is 4.27. The van der Waals surface area contributed by atoms with Crippen LogP contribution >= 0.6 is 0 Å². The summed E-state index contributed by atoms with van der Waals surface area (Å²) in [6.07, 6.45) is 2.39. The number of hydrogen-bond acceptors (Lipinski definition) is 0. The van der Waals surface area contributed by atoms with E-state index in [9.17, 15) is 0 Å². The molecule has 23 heavy (non-hydrogen) atoms. The minimum atomic E-state index is 0.514. The molecule has 0 heterocycles. The van der Waals surface area contributed by atoms with Gasteiger partial charge in [0.15, 0.2) is 0 Å². The van der Waals surface area contributed by atoms with Crippen LogP contribution in [0.25, 0.3) is 0 Å². The summed E-state index contributed by atoms with van der Waals surface area (Å²) in [7, 11) is 0. The number of fused-ring (bicyclic) bond motifs is 1. The Bertz CT molecular complexity index is 705. The average Bonchev–Trinajstić information content (AvgIpc) is 2.49. The Morgan fingerprint density at radius 2 is 1.65 bits per heavy atom. The van der Waals surface area contributed by atoms with Gasteiger partial charge < -0.3 is 0 Å². The molecule has 3 unspecified atom stereocenters. The molecule has 0 saturated heterocycles. The number of benzene rings is 2. The van der Waals surface area contributed by atoms with Gasteiger partial charge in [0.2, 0.25) is 0 Å². The van der Waals surface area contributed by atoms with Crippen molar-refractivity contribution in [3.8, 4) is 0 Å². The molecule has 2 aromatic carbocycles. The van der Waals surface area contributed by atoms with Crippen molar-refractivity contribution in [2.75, 3.05) is 0 Å². The number of aryl methyl sites for hydroxylation is 2. The van der Waals surface area contributed by atoms with Crippen molar-refractivity contribution in [3.63, 3.8) is 0 Å². The summed E-state index contributed by atoms with van der Waals surface area (Å²) in [4.78, 5) is 0. The molecule has 0 saturated carbocycles. The van der Waals surface area contributed by atoms with Gasteiger partial charge in [-0.1, -0.05) is 72.7 Å². The lowest BCUT2D eigenvalue weighted by Gasteiger charge is -2.37. The zero-order chi connectivity index (χ0) is 16.6. The van der Waals surface area contributed by atoms with Crippen LogP contribution in [0, 0.1) is 19.8 Å². The van der Waals surface area contributed by atoms with Gasteiger partial charge in [-0.3, -0.25) is 0 Å². The Labute approximate surface area is 141 Å². The second-order valence-corrected chi connectivity index (χ2v) is 7.56. The lowest BCUT2D eigenvalue weighted by molar-refractivity contribution is 0.387. The molecule has 0 N–H and O–H groups in total. The van der Waals surface area contributed by atoms with Crippen molar-refractivity contribution in [1.82, 2.24) is 0 Å². The van der Waals surface area contributed by atoms with E-state index in [0.29, 0.717) is 17.8 Å². The smallest absolute Gasteiger partial charge is 0.00714 e. The van der Waals surface area contributed by atoms with Gasteiger partial charge in [0.25, 0.3) is 0 Å². The predicted molar refractivity (Wildman–Crippen MR) is 100 cm³/mol. The summed E-state index contributed by atoms with van der Waals surface area (Å²) < 4.78 is 0. The van der Waals surface area contributed by atoms with Crippen molar-refractivity contribution in [3.05, 3.63) is 82.4 Å². The van der Waals surface area contributed by atoms with Gasteiger partial charge in [-0.15, -0.1) is 0 Å². The molecule has 0 radical (unpaired) electrons. The Hall–Kier alpha value is -1.82. The van der Waals surface area contributed by atoms with Crippen LogP contribution in [0.4, 0.5) is 0 Å². The minimum Gasteiger partial charge on any atom is -0.0995 e. The van der Waals surface area contributed by atoms with Crippen LogP contribution in [0.15, 0.2) is 54.6 Å². The minimum absolute atomic E-state index is 0.514. The van der Waals surface area contributed by atoms with Gasteiger partial charge in [-0.25, -0.2) is 0 Å². The monoisotopic (exact) mass is 304 g/mol. The topological polar surface area (TPSA) is 0 Å². The summed E-state index contributed by atoms with van der Waals surface area (Å²) in [6, 6.07) is 16.1. The number of allylic oxidation sites excluding steroid dienone is 1. The van der Waals surface area contributed by atoms with Crippen molar-refractivity contribution < 1.29 is 0 Å². The molecule has 0 aliphatic heterocycles. The van der Waals surface area contributed by atoms with Crippen LogP contribution in [-0.4, -0.2) is 0 Å². The quantitative estimate of drug-likeness (QED) is 0.581. The first-order valence-corrected chi connectivity index (χ1v) is 8.77. The van der Waals surface area contributed by atoms with Crippen LogP contribution in [0.5, 0.6) is 0 Å². The molecule has 0 fully saturated rings. The Kier molecular flexibility index (Phi) is 4.43. The molecule has 0 spiro atoms. The first kappa shape index (κ1) is 16.1. The van der Waals surface area contributed by atoms with Gasteiger partial charge >= 0.3 is 0 Å². The highest BCUT2D eigenvalue weighted by atomic mass is 14.4. The molecular weight excluding hydrogens is 276 g/mol. The van der Waals surface area contributed by atoms with Crippen LogP contribution in [-0.2, 0) is 6.42 Å². The summed E-state index contributed by atoms with van der Waals surface area (Å²) in [5, 5.41) is 0. The van der Waals surface area contributed by atoms with E-state index < -0.39 is 0 Å². The molecule has 1 aliphatic rings. The van der Waals surface area contributed by atoms with E-state index in [4.69, 9.17) is 0 Å². The van der Waals surface area contributed by atoms with Gasteiger partial charge in [0, 0.05) is 5.92 Å². The molecule has 0 heteroatoms. The van der Waals surface area contributed by atoms with Gasteiger partial charge in [0.05, 0.1) is 0 Å². The highest BCUT2D eigenvalue weighted by Gasteiger charge is 2.32. The van der Waals surface area contributed by atoms with Crippen LogP contribution in [0.1, 0.15) is 59.9 Å². The lowest BCUT2D eigenvalue weighted by Crippen LogP contribution is -2.24.